The van der Waals surface area contributed by atoms with Crippen LogP contribution >= 0.6 is 11.6 Å². The van der Waals surface area contributed by atoms with Crippen molar-refractivity contribution in [1.82, 2.24) is 19.4 Å². The van der Waals surface area contributed by atoms with E-state index in [4.69, 9.17) is 11.6 Å². The summed E-state index contributed by atoms with van der Waals surface area (Å²) in [6, 6.07) is 5.63. The van der Waals surface area contributed by atoms with Gasteiger partial charge in [0.2, 0.25) is 0 Å². The summed E-state index contributed by atoms with van der Waals surface area (Å²) in [7, 11) is 5.39. The number of aromatic nitrogens is 3. The Morgan fingerprint density at radius 1 is 1.26 bits per heavy atom. The van der Waals surface area contributed by atoms with Crippen molar-refractivity contribution in [2.45, 2.75) is 19.8 Å². The average molecular weight is 331 g/mol. The molecule has 0 aliphatic heterocycles. The Hall–Kier alpha value is -2.14. The SMILES string of the molecule is CC(C)c1nc(C(=O)N(C)C)c2c3ccc(Cl)cc3n(C)c2n1. The molecule has 0 saturated heterocycles. The van der Waals surface area contributed by atoms with Gasteiger partial charge in [-0.3, -0.25) is 4.79 Å². The Morgan fingerprint density at radius 3 is 2.57 bits per heavy atom. The van der Waals surface area contributed by atoms with Crippen LogP contribution in [0, 0.1) is 0 Å². The topological polar surface area (TPSA) is 51.0 Å². The molecule has 0 aliphatic rings. The van der Waals surface area contributed by atoms with Gasteiger partial charge in [-0.25, -0.2) is 9.97 Å². The van der Waals surface area contributed by atoms with Gasteiger partial charge in [0, 0.05) is 37.5 Å². The minimum Gasteiger partial charge on any atom is -0.343 e. The van der Waals surface area contributed by atoms with Crippen molar-refractivity contribution in [2.75, 3.05) is 14.1 Å². The number of nitrogens with zero attached hydrogens (tertiary/aromatic N) is 4. The molecule has 0 atom stereocenters. The molecule has 0 spiro atoms. The second kappa shape index (κ2) is 5.49. The van der Waals surface area contributed by atoms with Crippen molar-refractivity contribution in [3.63, 3.8) is 0 Å². The summed E-state index contributed by atoms with van der Waals surface area (Å²) in [5.41, 5.74) is 2.14. The number of aryl methyl sites for hydroxylation is 1. The number of hydrogen-bond acceptors (Lipinski definition) is 3. The maximum atomic E-state index is 12.7. The highest BCUT2D eigenvalue weighted by Gasteiger charge is 2.22. The van der Waals surface area contributed by atoms with Crippen LogP contribution in [0.4, 0.5) is 0 Å². The van der Waals surface area contributed by atoms with Crippen molar-refractivity contribution in [3.05, 3.63) is 34.7 Å². The van der Waals surface area contributed by atoms with E-state index < -0.39 is 0 Å². The van der Waals surface area contributed by atoms with Gasteiger partial charge in [-0.2, -0.15) is 0 Å². The molecule has 1 aromatic carbocycles. The van der Waals surface area contributed by atoms with E-state index in [-0.39, 0.29) is 11.8 Å². The number of benzene rings is 1. The summed E-state index contributed by atoms with van der Waals surface area (Å²) in [6.07, 6.45) is 0. The van der Waals surface area contributed by atoms with Crippen LogP contribution in [0.3, 0.4) is 0 Å². The highest BCUT2D eigenvalue weighted by Crippen LogP contribution is 2.32. The van der Waals surface area contributed by atoms with Crippen molar-refractivity contribution in [3.8, 4) is 0 Å². The molecule has 3 rings (SSSR count). The Labute approximate surface area is 139 Å². The molecule has 6 heteroatoms. The zero-order valence-electron chi connectivity index (χ0n) is 13.9. The summed E-state index contributed by atoms with van der Waals surface area (Å²) >= 11 is 6.13. The standard InChI is InChI=1S/C17H19ClN4O/c1-9(2)15-19-14(17(23)21(3)4)13-11-7-6-10(18)8-12(11)22(5)16(13)20-15/h6-9H,1-5H3. The van der Waals surface area contributed by atoms with Crippen LogP contribution in [-0.4, -0.2) is 39.4 Å². The first-order valence-electron chi connectivity index (χ1n) is 7.48. The maximum absolute atomic E-state index is 12.7. The molecule has 23 heavy (non-hydrogen) atoms. The van der Waals surface area contributed by atoms with E-state index in [1.165, 1.54) is 0 Å². The molecule has 0 fully saturated rings. The number of carbonyl (C=O) groups is 1. The molecule has 2 heterocycles. The molecule has 0 saturated carbocycles. The first-order valence-corrected chi connectivity index (χ1v) is 7.86. The Morgan fingerprint density at radius 2 is 1.96 bits per heavy atom. The molecule has 0 unspecified atom stereocenters. The highest BCUT2D eigenvalue weighted by atomic mass is 35.5. The number of amides is 1. The lowest BCUT2D eigenvalue weighted by Crippen LogP contribution is -2.24. The molecule has 0 radical (unpaired) electrons. The van der Waals surface area contributed by atoms with Crippen LogP contribution in [0.1, 0.15) is 36.1 Å². The Kier molecular flexibility index (Phi) is 3.76. The maximum Gasteiger partial charge on any atom is 0.272 e. The third kappa shape index (κ3) is 2.45. The molecule has 120 valence electrons. The van der Waals surface area contributed by atoms with Gasteiger partial charge in [-0.1, -0.05) is 31.5 Å². The van der Waals surface area contributed by atoms with Gasteiger partial charge in [0.15, 0.2) is 0 Å². The number of halogens is 1. The minimum absolute atomic E-state index is 0.123. The van der Waals surface area contributed by atoms with E-state index in [1.54, 1.807) is 19.0 Å². The molecule has 3 aromatic rings. The zero-order chi connectivity index (χ0) is 16.9. The third-order valence-corrected chi connectivity index (χ3v) is 4.18. The second-order valence-electron chi connectivity index (χ2n) is 6.20. The average Bonchev–Trinajstić information content (AvgIpc) is 2.78. The summed E-state index contributed by atoms with van der Waals surface area (Å²) < 4.78 is 1.97. The number of hydrogen-bond donors (Lipinski definition) is 0. The van der Waals surface area contributed by atoms with E-state index in [1.807, 2.05) is 43.7 Å². The van der Waals surface area contributed by atoms with Crippen LogP contribution in [0.2, 0.25) is 5.02 Å². The van der Waals surface area contributed by atoms with Crippen LogP contribution < -0.4 is 0 Å². The number of carbonyl (C=O) groups excluding carboxylic acids is 1. The quantitative estimate of drug-likeness (QED) is 0.721. The van der Waals surface area contributed by atoms with Crippen molar-refractivity contribution in [2.24, 2.45) is 7.05 Å². The lowest BCUT2D eigenvalue weighted by molar-refractivity contribution is 0.0823. The molecular weight excluding hydrogens is 312 g/mol. The lowest BCUT2D eigenvalue weighted by Gasteiger charge is -2.13. The predicted molar refractivity (Wildman–Crippen MR) is 93.1 cm³/mol. The minimum atomic E-state index is -0.123. The summed E-state index contributed by atoms with van der Waals surface area (Å²) in [5, 5.41) is 2.37. The van der Waals surface area contributed by atoms with Gasteiger partial charge in [-0.05, 0) is 12.1 Å². The van der Waals surface area contributed by atoms with E-state index in [0.29, 0.717) is 16.5 Å². The van der Waals surface area contributed by atoms with E-state index >= 15 is 0 Å². The molecule has 1 amide bonds. The first-order chi connectivity index (χ1) is 10.8. The van der Waals surface area contributed by atoms with Gasteiger partial charge in [0.05, 0.1) is 10.9 Å². The van der Waals surface area contributed by atoms with Gasteiger partial charge in [-0.15, -0.1) is 0 Å². The lowest BCUT2D eigenvalue weighted by atomic mass is 10.1. The largest absolute Gasteiger partial charge is 0.343 e. The van der Waals surface area contributed by atoms with E-state index in [0.717, 1.165) is 21.9 Å². The fourth-order valence-corrected chi connectivity index (χ4v) is 2.86. The van der Waals surface area contributed by atoms with Crippen molar-refractivity contribution in [1.29, 1.82) is 0 Å². The summed E-state index contributed by atoms with van der Waals surface area (Å²) in [6.45, 7) is 4.04. The smallest absolute Gasteiger partial charge is 0.272 e. The van der Waals surface area contributed by atoms with Gasteiger partial charge < -0.3 is 9.47 Å². The second-order valence-corrected chi connectivity index (χ2v) is 6.64. The molecule has 0 bridgehead atoms. The molecular formula is C17H19ClN4O. The Bertz CT molecular complexity index is 927. The fraction of sp³-hybridized carbons (Fsp3) is 0.353. The summed E-state index contributed by atoms with van der Waals surface area (Å²) in [4.78, 5) is 23.4. The fourth-order valence-electron chi connectivity index (χ4n) is 2.69. The van der Waals surface area contributed by atoms with E-state index in [2.05, 4.69) is 9.97 Å². The predicted octanol–water partition coefficient (Wildman–Crippen LogP) is 3.60. The molecule has 0 N–H and O–H groups in total. The zero-order valence-corrected chi connectivity index (χ0v) is 14.6. The van der Waals surface area contributed by atoms with Crippen LogP contribution in [0.15, 0.2) is 18.2 Å². The number of fused-ring (bicyclic) bond motifs is 3. The van der Waals surface area contributed by atoms with Crippen molar-refractivity contribution < 1.29 is 4.79 Å². The monoisotopic (exact) mass is 330 g/mol. The van der Waals surface area contributed by atoms with Crippen LogP contribution in [0.25, 0.3) is 21.9 Å². The van der Waals surface area contributed by atoms with Gasteiger partial charge in [0.1, 0.15) is 17.2 Å². The summed E-state index contributed by atoms with van der Waals surface area (Å²) in [5.74, 6) is 0.677. The van der Waals surface area contributed by atoms with Crippen LogP contribution in [-0.2, 0) is 7.05 Å². The molecule has 0 aliphatic carbocycles. The van der Waals surface area contributed by atoms with Crippen molar-refractivity contribution >= 4 is 39.4 Å². The van der Waals surface area contributed by atoms with E-state index in [9.17, 15) is 4.79 Å². The number of rotatable bonds is 2. The molecule has 2 aromatic heterocycles. The normalized spacial score (nSPS) is 11.6. The van der Waals surface area contributed by atoms with Crippen LogP contribution in [0.5, 0.6) is 0 Å². The highest BCUT2D eigenvalue weighted by molar-refractivity contribution is 6.31. The van der Waals surface area contributed by atoms with Gasteiger partial charge >= 0.3 is 0 Å². The first kappa shape index (κ1) is 15.7. The van der Waals surface area contributed by atoms with Gasteiger partial charge in [0.25, 0.3) is 5.91 Å². The Balaban J connectivity index is 2.50. The molecule has 5 nitrogen and oxygen atoms in total. The third-order valence-electron chi connectivity index (χ3n) is 3.94.